The molecule has 8 heteroatoms. The van der Waals surface area contributed by atoms with E-state index in [2.05, 4.69) is 5.32 Å². The minimum Gasteiger partial charge on any atom is -0.481 e. The summed E-state index contributed by atoms with van der Waals surface area (Å²) < 4.78 is 39.2. The molecule has 5 unspecified atom stereocenters. The van der Waals surface area contributed by atoms with E-state index in [0.29, 0.717) is 17.8 Å². The number of nitrogens with zero attached hydrogens (tertiary/aromatic N) is 1. The van der Waals surface area contributed by atoms with Gasteiger partial charge >= 0.3 is 18.2 Å². The Balaban J connectivity index is 1.40. The quantitative estimate of drug-likeness (QED) is 0.796. The molecule has 4 rings (SSSR count). The number of rotatable bonds is 2. The molecule has 25 heavy (non-hydrogen) atoms. The van der Waals surface area contributed by atoms with Crippen molar-refractivity contribution >= 4 is 12.0 Å². The minimum absolute atomic E-state index is 0.0325. The topological polar surface area (TPSA) is 69.6 Å². The molecule has 4 fully saturated rings. The predicted molar refractivity (Wildman–Crippen MR) is 81.6 cm³/mol. The van der Waals surface area contributed by atoms with Crippen LogP contribution in [0.4, 0.5) is 18.0 Å². The van der Waals surface area contributed by atoms with Crippen LogP contribution in [-0.2, 0) is 4.79 Å². The average molecular weight is 360 g/mol. The van der Waals surface area contributed by atoms with Crippen LogP contribution in [-0.4, -0.2) is 47.3 Å². The highest BCUT2D eigenvalue weighted by molar-refractivity contribution is 5.78. The molecule has 4 aliphatic rings. The fraction of sp³-hybridized carbons (Fsp3) is 0.882. The summed E-state index contributed by atoms with van der Waals surface area (Å²) in [5.74, 6) is -2.56. The number of carbonyl (C=O) groups is 2. The van der Waals surface area contributed by atoms with E-state index in [1.54, 1.807) is 0 Å². The molecule has 3 saturated carbocycles. The Labute approximate surface area is 143 Å². The fourth-order valence-corrected chi connectivity index (χ4v) is 6.04. The van der Waals surface area contributed by atoms with Gasteiger partial charge in [-0.1, -0.05) is 6.42 Å². The summed E-state index contributed by atoms with van der Waals surface area (Å²) in [5.41, 5.74) is 0. The second-order valence-electron chi connectivity index (χ2n) is 8.21. The smallest absolute Gasteiger partial charge is 0.394 e. The largest absolute Gasteiger partial charge is 0.481 e. The van der Waals surface area contributed by atoms with Gasteiger partial charge in [0, 0.05) is 19.1 Å². The molecular formula is C17H23F3N2O3. The number of carboxylic acids is 1. The van der Waals surface area contributed by atoms with Gasteiger partial charge in [0.25, 0.3) is 0 Å². The lowest BCUT2D eigenvalue weighted by Gasteiger charge is -2.33. The van der Waals surface area contributed by atoms with Crippen molar-refractivity contribution in [2.45, 2.75) is 44.3 Å². The van der Waals surface area contributed by atoms with Crippen LogP contribution in [0.3, 0.4) is 0 Å². The van der Waals surface area contributed by atoms with Crippen molar-refractivity contribution in [3.8, 4) is 0 Å². The summed E-state index contributed by atoms with van der Waals surface area (Å²) in [7, 11) is 0. The monoisotopic (exact) mass is 360 g/mol. The number of halogens is 3. The van der Waals surface area contributed by atoms with Crippen LogP contribution in [0.15, 0.2) is 0 Å². The molecule has 2 amide bonds. The van der Waals surface area contributed by atoms with Gasteiger partial charge in [-0.3, -0.25) is 4.79 Å². The van der Waals surface area contributed by atoms with Gasteiger partial charge in [-0.05, 0) is 49.4 Å². The number of amides is 2. The Morgan fingerprint density at radius 1 is 1.04 bits per heavy atom. The number of alkyl halides is 3. The van der Waals surface area contributed by atoms with Crippen molar-refractivity contribution in [2.75, 3.05) is 13.1 Å². The van der Waals surface area contributed by atoms with Crippen LogP contribution < -0.4 is 5.32 Å². The Morgan fingerprint density at radius 3 is 2.40 bits per heavy atom. The second-order valence-corrected chi connectivity index (χ2v) is 8.21. The van der Waals surface area contributed by atoms with Crippen molar-refractivity contribution < 1.29 is 27.9 Å². The van der Waals surface area contributed by atoms with Crippen LogP contribution in [0.5, 0.6) is 0 Å². The number of aliphatic carboxylic acids is 1. The molecule has 1 saturated heterocycles. The van der Waals surface area contributed by atoms with Crippen molar-refractivity contribution in [1.82, 2.24) is 10.2 Å². The van der Waals surface area contributed by atoms with Crippen LogP contribution in [0.25, 0.3) is 0 Å². The molecule has 1 heterocycles. The van der Waals surface area contributed by atoms with Gasteiger partial charge in [0.05, 0.1) is 11.8 Å². The highest BCUT2D eigenvalue weighted by Gasteiger charge is 2.56. The van der Waals surface area contributed by atoms with E-state index >= 15 is 0 Å². The maximum atomic E-state index is 13.1. The molecule has 0 spiro atoms. The zero-order valence-corrected chi connectivity index (χ0v) is 13.8. The van der Waals surface area contributed by atoms with Crippen LogP contribution in [0.1, 0.15) is 32.1 Å². The molecular weight excluding hydrogens is 337 g/mol. The second kappa shape index (κ2) is 5.77. The van der Waals surface area contributed by atoms with Crippen LogP contribution in [0.2, 0.25) is 0 Å². The molecule has 0 aromatic rings. The third kappa shape index (κ3) is 2.77. The maximum absolute atomic E-state index is 13.1. The lowest BCUT2D eigenvalue weighted by Crippen LogP contribution is -2.48. The van der Waals surface area contributed by atoms with Crippen LogP contribution in [0, 0.1) is 35.5 Å². The first-order chi connectivity index (χ1) is 11.8. The third-order valence-electron chi connectivity index (χ3n) is 7.08. The van der Waals surface area contributed by atoms with E-state index in [-0.39, 0.29) is 12.6 Å². The van der Waals surface area contributed by atoms with Crippen LogP contribution >= 0.6 is 0 Å². The maximum Gasteiger partial charge on any atom is 0.394 e. The van der Waals surface area contributed by atoms with Gasteiger partial charge < -0.3 is 15.3 Å². The van der Waals surface area contributed by atoms with E-state index < -0.39 is 36.6 Å². The molecule has 3 aliphatic carbocycles. The van der Waals surface area contributed by atoms with Crippen molar-refractivity contribution in [3.63, 3.8) is 0 Å². The summed E-state index contributed by atoms with van der Waals surface area (Å²) in [4.78, 5) is 24.6. The zero-order valence-electron chi connectivity index (χ0n) is 13.8. The number of nitrogens with one attached hydrogen (secondary N) is 1. The van der Waals surface area contributed by atoms with E-state index in [0.717, 1.165) is 23.7 Å². The molecule has 0 aromatic carbocycles. The van der Waals surface area contributed by atoms with E-state index in [9.17, 15) is 22.8 Å². The lowest BCUT2D eigenvalue weighted by molar-refractivity contribution is -0.187. The Kier molecular flexibility index (Phi) is 3.92. The highest BCUT2D eigenvalue weighted by atomic mass is 19.4. The summed E-state index contributed by atoms with van der Waals surface area (Å²) in [6, 6.07) is -0.504. The normalized spacial score (nSPS) is 42.7. The Hall–Kier alpha value is -1.47. The van der Waals surface area contributed by atoms with Crippen molar-refractivity contribution in [1.29, 1.82) is 0 Å². The molecule has 0 aromatic heterocycles. The fourth-order valence-electron chi connectivity index (χ4n) is 6.04. The Bertz CT molecular complexity index is 582. The third-order valence-corrected chi connectivity index (χ3v) is 7.08. The molecule has 2 bridgehead atoms. The SMILES string of the molecule is O=C(O)[C@@H]1CN(C(=O)NC2CC3CC2C2CCCC32)C[C@H]1C(F)(F)F. The summed E-state index contributed by atoms with van der Waals surface area (Å²) >= 11 is 0. The van der Waals surface area contributed by atoms with Gasteiger partial charge in [-0.15, -0.1) is 0 Å². The van der Waals surface area contributed by atoms with Gasteiger partial charge in [0.2, 0.25) is 0 Å². The number of hydrogen-bond acceptors (Lipinski definition) is 2. The Morgan fingerprint density at radius 2 is 1.76 bits per heavy atom. The number of likely N-dealkylation sites (tertiary alicyclic amines) is 1. The van der Waals surface area contributed by atoms with Gasteiger partial charge in [0.15, 0.2) is 0 Å². The molecule has 2 N–H and O–H groups in total. The molecule has 140 valence electrons. The molecule has 1 aliphatic heterocycles. The number of urea groups is 1. The number of carboxylic acid groups (broad SMARTS) is 1. The standard InChI is InChI=1S/C17H23F3N2O3/c18-17(19,20)13-7-22(6-12(13)15(23)24)16(25)21-14-5-8-4-11(14)10-3-1-2-9(8)10/h8-14H,1-7H2,(H,21,25)(H,23,24)/t8?,9?,10?,11?,12-,13-,14?/m1/s1. The highest BCUT2D eigenvalue weighted by Crippen LogP contribution is 2.58. The molecule has 0 radical (unpaired) electrons. The van der Waals surface area contributed by atoms with E-state index in [1.807, 2.05) is 0 Å². The average Bonchev–Trinajstić information content (AvgIpc) is 3.26. The predicted octanol–water partition coefficient (Wildman–Crippen LogP) is 2.72. The molecule has 5 nitrogen and oxygen atoms in total. The van der Waals surface area contributed by atoms with Crippen molar-refractivity contribution in [2.24, 2.45) is 35.5 Å². The first-order valence-corrected chi connectivity index (χ1v) is 9.10. The lowest BCUT2D eigenvalue weighted by atomic mass is 9.79. The van der Waals surface area contributed by atoms with Crippen molar-refractivity contribution in [3.05, 3.63) is 0 Å². The molecule has 7 atom stereocenters. The van der Waals surface area contributed by atoms with Gasteiger partial charge in [-0.2, -0.15) is 13.2 Å². The van der Waals surface area contributed by atoms with Gasteiger partial charge in [0.1, 0.15) is 0 Å². The zero-order chi connectivity index (χ0) is 17.9. The number of carbonyl (C=O) groups excluding carboxylic acids is 1. The summed E-state index contributed by atoms with van der Waals surface area (Å²) in [5, 5.41) is 12.0. The minimum atomic E-state index is -4.61. The van der Waals surface area contributed by atoms with E-state index in [4.69, 9.17) is 5.11 Å². The summed E-state index contributed by atoms with van der Waals surface area (Å²) in [6.45, 7) is -0.947. The first kappa shape index (κ1) is 17.0. The number of fused-ring (bicyclic) bond motifs is 5. The first-order valence-electron chi connectivity index (χ1n) is 9.10. The summed E-state index contributed by atoms with van der Waals surface area (Å²) in [6.07, 6.45) is 1.12. The van der Waals surface area contributed by atoms with Gasteiger partial charge in [-0.25, -0.2) is 4.79 Å². The number of hydrogen-bond donors (Lipinski definition) is 2. The van der Waals surface area contributed by atoms with E-state index in [1.165, 1.54) is 19.3 Å².